The summed E-state index contributed by atoms with van der Waals surface area (Å²) < 4.78 is 31.8. The number of hydrogen-bond acceptors (Lipinski definition) is 9. The van der Waals surface area contributed by atoms with E-state index in [0.717, 1.165) is 0 Å². The SMILES string of the molecule is CO/N=C(\Cl)c1ccccc1S(=O)(=O)NC(=O)Nc1nc(C)nc(OC)n1. The summed E-state index contributed by atoms with van der Waals surface area (Å²) in [6.07, 6.45) is 0. The lowest BCUT2D eigenvalue weighted by atomic mass is 10.2. The van der Waals surface area contributed by atoms with Gasteiger partial charge in [-0.3, -0.25) is 5.32 Å². The number of aryl methyl sites for hydroxylation is 1. The fraction of sp³-hybridized carbons (Fsp3) is 0.214. The third kappa shape index (κ3) is 5.24. The number of halogens is 1. The van der Waals surface area contributed by atoms with E-state index in [-0.39, 0.29) is 33.4 Å². The fourth-order valence-electron chi connectivity index (χ4n) is 1.91. The molecule has 144 valence electrons. The number of amides is 2. The molecule has 0 bridgehead atoms. The van der Waals surface area contributed by atoms with Gasteiger partial charge in [0.2, 0.25) is 5.95 Å². The monoisotopic (exact) mass is 414 g/mol. The average Bonchev–Trinajstić information content (AvgIpc) is 2.60. The normalized spacial score (nSPS) is 11.6. The summed E-state index contributed by atoms with van der Waals surface area (Å²) in [5.41, 5.74) is 0.0546. The molecule has 0 saturated carbocycles. The number of anilines is 1. The Morgan fingerprint density at radius 1 is 1.19 bits per heavy atom. The second kappa shape index (κ2) is 8.60. The van der Waals surface area contributed by atoms with E-state index in [2.05, 4.69) is 30.3 Å². The summed E-state index contributed by atoms with van der Waals surface area (Å²) >= 11 is 5.93. The van der Waals surface area contributed by atoms with E-state index < -0.39 is 16.1 Å². The van der Waals surface area contributed by atoms with Gasteiger partial charge in [0, 0.05) is 5.56 Å². The maximum atomic E-state index is 12.5. The molecule has 0 spiro atoms. The van der Waals surface area contributed by atoms with Crippen molar-refractivity contribution in [2.45, 2.75) is 11.8 Å². The van der Waals surface area contributed by atoms with Crippen LogP contribution in [-0.4, -0.2) is 48.8 Å². The van der Waals surface area contributed by atoms with Crippen LogP contribution in [-0.2, 0) is 14.9 Å². The molecule has 0 atom stereocenters. The zero-order valence-corrected chi connectivity index (χ0v) is 16.0. The van der Waals surface area contributed by atoms with Crippen molar-refractivity contribution in [1.29, 1.82) is 0 Å². The molecule has 1 aromatic carbocycles. The van der Waals surface area contributed by atoms with Crippen LogP contribution in [0.5, 0.6) is 6.01 Å². The van der Waals surface area contributed by atoms with Gasteiger partial charge in [0.1, 0.15) is 12.9 Å². The highest BCUT2D eigenvalue weighted by Crippen LogP contribution is 2.18. The van der Waals surface area contributed by atoms with E-state index in [0.29, 0.717) is 0 Å². The number of benzene rings is 1. The van der Waals surface area contributed by atoms with Crippen LogP contribution in [0.2, 0.25) is 0 Å². The molecule has 11 nitrogen and oxygen atoms in total. The Balaban J connectivity index is 2.26. The van der Waals surface area contributed by atoms with Crippen molar-refractivity contribution in [2.24, 2.45) is 5.16 Å². The first-order chi connectivity index (χ1) is 12.8. The van der Waals surface area contributed by atoms with Crippen molar-refractivity contribution in [3.8, 4) is 6.01 Å². The van der Waals surface area contributed by atoms with Crippen molar-refractivity contribution in [3.63, 3.8) is 0 Å². The summed E-state index contributed by atoms with van der Waals surface area (Å²) in [6, 6.07) is 4.58. The first kappa shape index (κ1) is 20.3. The van der Waals surface area contributed by atoms with E-state index in [9.17, 15) is 13.2 Å². The molecule has 2 aromatic rings. The van der Waals surface area contributed by atoms with Gasteiger partial charge in [-0.25, -0.2) is 17.9 Å². The molecule has 13 heteroatoms. The van der Waals surface area contributed by atoms with Crippen LogP contribution in [0.15, 0.2) is 34.3 Å². The molecule has 0 fully saturated rings. The van der Waals surface area contributed by atoms with Gasteiger partial charge in [0.25, 0.3) is 10.0 Å². The maximum Gasteiger partial charge on any atom is 0.335 e. The van der Waals surface area contributed by atoms with Crippen LogP contribution in [0.3, 0.4) is 0 Å². The Morgan fingerprint density at radius 3 is 2.56 bits per heavy atom. The van der Waals surface area contributed by atoms with Crippen LogP contribution in [0.25, 0.3) is 0 Å². The lowest BCUT2D eigenvalue weighted by molar-refractivity contribution is 0.214. The van der Waals surface area contributed by atoms with Crippen LogP contribution in [0.4, 0.5) is 10.7 Å². The number of sulfonamides is 1. The molecule has 0 aliphatic heterocycles. The molecular weight excluding hydrogens is 400 g/mol. The summed E-state index contributed by atoms with van der Waals surface area (Å²) in [4.78, 5) is 27.9. The van der Waals surface area contributed by atoms with Crippen molar-refractivity contribution in [3.05, 3.63) is 35.7 Å². The highest BCUT2D eigenvalue weighted by atomic mass is 35.5. The molecule has 0 radical (unpaired) electrons. The molecular formula is C14H15ClN6O5S. The summed E-state index contributed by atoms with van der Waals surface area (Å²) in [5, 5.41) is 5.49. The van der Waals surface area contributed by atoms with Gasteiger partial charge < -0.3 is 9.57 Å². The Labute approximate surface area is 159 Å². The van der Waals surface area contributed by atoms with Crippen LogP contribution >= 0.6 is 11.6 Å². The van der Waals surface area contributed by atoms with Crippen molar-refractivity contribution in [1.82, 2.24) is 19.7 Å². The number of carbonyl (C=O) groups is 1. The number of hydrogen-bond donors (Lipinski definition) is 2. The largest absolute Gasteiger partial charge is 0.467 e. The van der Waals surface area contributed by atoms with E-state index in [1.165, 1.54) is 32.4 Å². The number of aromatic nitrogens is 3. The number of carbonyl (C=O) groups excluding carboxylic acids is 1. The van der Waals surface area contributed by atoms with E-state index in [1.54, 1.807) is 13.0 Å². The summed E-state index contributed by atoms with van der Waals surface area (Å²) in [6.45, 7) is 1.55. The first-order valence-electron chi connectivity index (χ1n) is 7.23. The minimum absolute atomic E-state index is 0.0337. The third-order valence-corrected chi connectivity index (χ3v) is 4.59. The highest BCUT2D eigenvalue weighted by molar-refractivity contribution is 7.90. The minimum atomic E-state index is -4.28. The fourth-order valence-corrected chi connectivity index (χ4v) is 3.32. The van der Waals surface area contributed by atoms with Gasteiger partial charge in [-0.05, 0) is 13.0 Å². The average molecular weight is 415 g/mol. The third-order valence-electron chi connectivity index (χ3n) is 2.93. The molecule has 2 rings (SSSR count). The van der Waals surface area contributed by atoms with Crippen molar-refractivity contribution in [2.75, 3.05) is 19.5 Å². The standard InChI is InChI=1S/C14H15ClN6O5S/c1-8-16-12(19-14(17-8)25-2)18-13(22)21-27(23,24)10-7-5-4-6-9(10)11(15)20-26-3/h4-7H,1-3H3,(H2,16,17,18,19,21,22)/b20-11-. The first-order valence-corrected chi connectivity index (χ1v) is 9.09. The molecule has 1 heterocycles. The van der Waals surface area contributed by atoms with Gasteiger partial charge in [-0.1, -0.05) is 35.0 Å². The number of methoxy groups -OCH3 is 1. The lowest BCUT2D eigenvalue weighted by Crippen LogP contribution is -2.35. The Bertz CT molecular complexity index is 982. The predicted octanol–water partition coefficient (Wildman–Crippen LogP) is 1.25. The Hall–Kier alpha value is -2.99. The van der Waals surface area contributed by atoms with Crippen LogP contribution in [0.1, 0.15) is 11.4 Å². The van der Waals surface area contributed by atoms with E-state index in [4.69, 9.17) is 16.3 Å². The van der Waals surface area contributed by atoms with Gasteiger partial charge in [0.15, 0.2) is 5.17 Å². The highest BCUT2D eigenvalue weighted by Gasteiger charge is 2.23. The second-order valence-corrected chi connectivity index (χ2v) is 6.82. The second-order valence-electron chi connectivity index (χ2n) is 4.81. The number of urea groups is 1. The quantitative estimate of drug-likeness (QED) is 0.530. The summed E-state index contributed by atoms with van der Waals surface area (Å²) in [7, 11) is -1.69. The smallest absolute Gasteiger partial charge is 0.335 e. The molecule has 0 aliphatic carbocycles. The van der Waals surface area contributed by atoms with Gasteiger partial charge >= 0.3 is 12.0 Å². The topological polar surface area (TPSA) is 145 Å². The predicted molar refractivity (Wildman–Crippen MR) is 96.3 cm³/mol. The van der Waals surface area contributed by atoms with Crippen LogP contribution in [0, 0.1) is 6.92 Å². The summed E-state index contributed by atoms with van der Waals surface area (Å²) in [5.74, 6) is 0.0900. The molecule has 0 unspecified atom stereocenters. The number of nitrogens with zero attached hydrogens (tertiary/aromatic N) is 4. The molecule has 0 saturated heterocycles. The zero-order chi connectivity index (χ0) is 20.0. The zero-order valence-electron chi connectivity index (χ0n) is 14.4. The molecule has 2 amide bonds. The van der Waals surface area contributed by atoms with Crippen LogP contribution < -0.4 is 14.8 Å². The maximum absolute atomic E-state index is 12.5. The number of ether oxygens (including phenoxy) is 1. The number of oxime groups is 1. The van der Waals surface area contributed by atoms with E-state index >= 15 is 0 Å². The number of nitrogens with one attached hydrogen (secondary N) is 2. The Kier molecular flexibility index (Phi) is 6.47. The number of rotatable bonds is 6. The van der Waals surface area contributed by atoms with Gasteiger partial charge in [-0.2, -0.15) is 15.0 Å². The molecule has 27 heavy (non-hydrogen) atoms. The lowest BCUT2D eigenvalue weighted by Gasteiger charge is -2.11. The van der Waals surface area contributed by atoms with Crippen molar-refractivity contribution >= 4 is 38.8 Å². The molecule has 0 aliphatic rings. The molecule has 2 N–H and O–H groups in total. The van der Waals surface area contributed by atoms with E-state index in [1.807, 2.05) is 4.72 Å². The van der Waals surface area contributed by atoms with Gasteiger partial charge in [0.05, 0.1) is 12.0 Å². The van der Waals surface area contributed by atoms with Gasteiger partial charge in [-0.15, -0.1) is 0 Å². The van der Waals surface area contributed by atoms with Crippen molar-refractivity contribution < 1.29 is 22.8 Å². The Morgan fingerprint density at radius 2 is 1.89 bits per heavy atom. The molecule has 1 aromatic heterocycles. The minimum Gasteiger partial charge on any atom is -0.467 e.